The Kier molecular flexibility index (Phi) is 4.81. The Bertz CT molecular complexity index is 584. The van der Waals surface area contributed by atoms with Gasteiger partial charge in [0, 0.05) is 22.2 Å². The minimum Gasteiger partial charge on any atom is -0.313 e. The molecule has 2 aromatic carbocycles. The molecule has 19 heavy (non-hydrogen) atoms. The third-order valence-corrected chi connectivity index (χ3v) is 3.42. The summed E-state index contributed by atoms with van der Waals surface area (Å²) in [5, 5.41) is 4.41. The van der Waals surface area contributed by atoms with Crippen LogP contribution in [0.1, 0.15) is 12.5 Å². The van der Waals surface area contributed by atoms with Crippen molar-refractivity contribution in [3.05, 3.63) is 57.8 Å². The number of benzene rings is 2. The second-order valence-corrected chi connectivity index (χ2v) is 5.05. The minimum absolute atomic E-state index is 0.255. The molecule has 2 aromatic rings. The van der Waals surface area contributed by atoms with Gasteiger partial charge in [0.05, 0.1) is 0 Å². The van der Waals surface area contributed by atoms with E-state index in [9.17, 15) is 4.39 Å². The van der Waals surface area contributed by atoms with Crippen molar-refractivity contribution in [1.29, 1.82) is 0 Å². The molecule has 4 heteroatoms. The van der Waals surface area contributed by atoms with Crippen LogP contribution in [0.15, 0.2) is 36.4 Å². The minimum atomic E-state index is -0.255. The SMILES string of the molecule is CCNCc1cc(F)ccc1-c1cc(Cl)ccc1Cl. The summed E-state index contributed by atoms with van der Waals surface area (Å²) in [6, 6.07) is 9.98. The van der Waals surface area contributed by atoms with Crippen molar-refractivity contribution < 1.29 is 4.39 Å². The Labute approximate surface area is 122 Å². The first-order valence-corrected chi connectivity index (χ1v) is 6.82. The third-order valence-electron chi connectivity index (χ3n) is 2.85. The van der Waals surface area contributed by atoms with Crippen LogP contribution in [-0.2, 0) is 6.54 Å². The van der Waals surface area contributed by atoms with Gasteiger partial charge in [0.25, 0.3) is 0 Å². The highest BCUT2D eigenvalue weighted by Crippen LogP contribution is 2.33. The summed E-state index contributed by atoms with van der Waals surface area (Å²) >= 11 is 12.2. The van der Waals surface area contributed by atoms with Crippen molar-refractivity contribution >= 4 is 23.2 Å². The molecular weight excluding hydrogens is 284 g/mol. The molecule has 1 N–H and O–H groups in total. The Balaban J connectivity index is 2.51. The molecule has 0 fully saturated rings. The zero-order valence-electron chi connectivity index (χ0n) is 10.5. The second-order valence-electron chi connectivity index (χ2n) is 4.21. The molecule has 0 aromatic heterocycles. The topological polar surface area (TPSA) is 12.0 Å². The van der Waals surface area contributed by atoms with E-state index in [2.05, 4.69) is 5.32 Å². The monoisotopic (exact) mass is 297 g/mol. The van der Waals surface area contributed by atoms with E-state index in [4.69, 9.17) is 23.2 Å². The lowest BCUT2D eigenvalue weighted by molar-refractivity contribution is 0.622. The van der Waals surface area contributed by atoms with Crippen LogP contribution in [-0.4, -0.2) is 6.54 Å². The fraction of sp³-hybridized carbons (Fsp3) is 0.200. The molecule has 0 aliphatic carbocycles. The van der Waals surface area contributed by atoms with Gasteiger partial charge in [0.1, 0.15) is 5.82 Å². The van der Waals surface area contributed by atoms with Crippen molar-refractivity contribution in [2.75, 3.05) is 6.54 Å². The molecule has 0 amide bonds. The Morgan fingerprint density at radius 2 is 1.84 bits per heavy atom. The normalized spacial score (nSPS) is 10.7. The Morgan fingerprint density at radius 1 is 1.05 bits per heavy atom. The fourth-order valence-electron chi connectivity index (χ4n) is 1.93. The van der Waals surface area contributed by atoms with E-state index in [1.54, 1.807) is 24.3 Å². The molecule has 0 aliphatic rings. The van der Waals surface area contributed by atoms with Gasteiger partial charge in [-0.3, -0.25) is 0 Å². The smallest absolute Gasteiger partial charge is 0.123 e. The number of hydrogen-bond acceptors (Lipinski definition) is 1. The first-order valence-electron chi connectivity index (χ1n) is 6.06. The van der Waals surface area contributed by atoms with Gasteiger partial charge in [-0.1, -0.05) is 36.2 Å². The van der Waals surface area contributed by atoms with Gasteiger partial charge >= 0.3 is 0 Å². The standard InChI is InChI=1S/C15H14Cl2FN/c1-2-19-9-10-7-12(18)4-5-13(10)14-8-11(16)3-6-15(14)17/h3-8,19H,2,9H2,1H3. The van der Waals surface area contributed by atoms with Gasteiger partial charge in [0.15, 0.2) is 0 Å². The van der Waals surface area contributed by atoms with Gasteiger partial charge < -0.3 is 5.32 Å². The molecule has 0 unspecified atom stereocenters. The zero-order valence-corrected chi connectivity index (χ0v) is 12.0. The lowest BCUT2D eigenvalue weighted by Gasteiger charge is -2.12. The zero-order chi connectivity index (χ0) is 13.8. The van der Waals surface area contributed by atoms with Gasteiger partial charge in [-0.2, -0.15) is 0 Å². The van der Waals surface area contributed by atoms with Crippen LogP contribution in [0.5, 0.6) is 0 Å². The molecule has 0 bridgehead atoms. The summed E-state index contributed by atoms with van der Waals surface area (Å²) < 4.78 is 13.4. The first-order chi connectivity index (χ1) is 9.11. The summed E-state index contributed by atoms with van der Waals surface area (Å²) in [7, 11) is 0. The highest BCUT2D eigenvalue weighted by Gasteiger charge is 2.10. The predicted octanol–water partition coefficient (Wildman–Crippen LogP) is 4.91. The lowest BCUT2D eigenvalue weighted by atomic mass is 9.99. The molecule has 100 valence electrons. The number of nitrogens with one attached hydrogen (secondary N) is 1. The highest BCUT2D eigenvalue weighted by molar-refractivity contribution is 6.35. The van der Waals surface area contributed by atoms with Crippen molar-refractivity contribution in [3.63, 3.8) is 0 Å². The van der Waals surface area contributed by atoms with Gasteiger partial charge in [-0.25, -0.2) is 4.39 Å². The van der Waals surface area contributed by atoms with Crippen LogP contribution in [0.25, 0.3) is 11.1 Å². The van der Waals surface area contributed by atoms with Gasteiger partial charge in [-0.15, -0.1) is 0 Å². The average molecular weight is 298 g/mol. The van der Waals surface area contributed by atoms with Crippen molar-refractivity contribution in [2.24, 2.45) is 0 Å². The molecule has 0 aliphatic heterocycles. The third kappa shape index (κ3) is 3.47. The van der Waals surface area contributed by atoms with E-state index in [0.717, 1.165) is 23.2 Å². The highest BCUT2D eigenvalue weighted by atomic mass is 35.5. The molecule has 2 rings (SSSR count). The van der Waals surface area contributed by atoms with E-state index in [1.165, 1.54) is 12.1 Å². The molecule has 1 nitrogen and oxygen atoms in total. The van der Waals surface area contributed by atoms with Crippen LogP contribution in [0.2, 0.25) is 10.0 Å². The van der Waals surface area contributed by atoms with Gasteiger partial charge in [-0.05, 0) is 48.0 Å². The Hall–Kier alpha value is -1.09. The van der Waals surface area contributed by atoms with E-state index in [-0.39, 0.29) is 5.82 Å². The quantitative estimate of drug-likeness (QED) is 0.845. The maximum atomic E-state index is 13.4. The Morgan fingerprint density at radius 3 is 2.58 bits per heavy atom. The molecule has 0 atom stereocenters. The van der Waals surface area contributed by atoms with E-state index < -0.39 is 0 Å². The van der Waals surface area contributed by atoms with Crippen LogP contribution in [0.3, 0.4) is 0 Å². The van der Waals surface area contributed by atoms with E-state index in [0.29, 0.717) is 16.6 Å². The summed E-state index contributed by atoms with van der Waals surface area (Å²) in [5.74, 6) is -0.255. The molecule has 0 spiro atoms. The van der Waals surface area contributed by atoms with E-state index in [1.807, 2.05) is 6.92 Å². The van der Waals surface area contributed by atoms with Crippen molar-refractivity contribution in [2.45, 2.75) is 13.5 Å². The van der Waals surface area contributed by atoms with Crippen molar-refractivity contribution in [3.8, 4) is 11.1 Å². The van der Waals surface area contributed by atoms with Crippen LogP contribution >= 0.6 is 23.2 Å². The first kappa shape index (κ1) is 14.3. The van der Waals surface area contributed by atoms with Crippen LogP contribution < -0.4 is 5.32 Å². The maximum absolute atomic E-state index is 13.4. The van der Waals surface area contributed by atoms with E-state index >= 15 is 0 Å². The maximum Gasteiger partial charge on any atom is 0.123 e. The lowest BCUT2D eigenvalue weighted by Crippen LogP contribution is -2.12. The summed E-state index contributed by atoms with van der Waals surface area (Å²) in [5.41, 5.74) is 2.59. The molecular formula is C15H14Cl2FN. The molecule has 0 saturated heterocycles. The average Bonchev–Trinajstić information content (AvgIpc) is 2.39. The number of halogens is 3. The fourth-order valence-corrected chi connectivity index (χ4v) is 2.33. The summed E-state index contributed by atoms with van der Waals surface area (Å²) in [6.07, 6.45) is 0. The molecule has 0 saturated carbocycles. The van der Waals surface area contributed by atoms with Gasteiger partial charge in [0.2, 0.25) is 0 Å². The number of rotatable bonds is 4. The summed E-state index contributed by atoms with van der Waals surface area (Å²) in [4.78, 5) is 0. The predicted molar refractivity (Wildman–Crippen MR) is 79.2 cm³/mol. The van der Waals surface area contributed by atoms with Crippen LogP contribution in [0.4, 0.5) is 4.39 Å². The second kappa shape index (κ2) is 6.38. The molecule has 0 radical (unpaired) electrons. The van der Waals surface area contributed by atoms with Crippen LogP contribution in [0, 0.1) is 5.82 Å². The summed E-state index contributed by atoms with van der Waals surface area (Å²) in [6.45, 7) is 3.41. The van der Waals surface area contributed by atoms with Crippen molar-refractivity contribution in [1.82, 2.24) is 5.32 Å². The largest absolute Gasteiger partial charge is 0.313 e. The number of hydrogen-bond donors (Lipinski definition) is 1. The molecule has 0 heterocycles.